The van der Waals surface area contributed by atoms with Crippen LogP contribution in [0.3, 0.4) is 0 Å². The lowest BCUT2D eigenvalue weighted by Gasteiger charge is -2.35. The van der Waals surface area contributed by atoms with Gasteiger partial charge in [0.1, 0.15) is 0 Å². The predicted octanol–water partition coefficient (Wildman–Crippen LogP) is 3.52. The zero-order valence-electron chi connectivity index (χ0n) is 14.3. The summed E-state index contributed by atoms with van der Waals surface area (Å²) in [7, 11) is 0. The maximum atomic E-state index is 11.2. The molecule has 6 nitrogen and oxygen atoms in total. The van der Waals surface area contributed by atoms with E-state index in [1.165, 1.54) is 0 Å². The van der Waals surface area contributed by atoms with Crippen LogP contribution in [0.2, 0.25) is 0 Å². The van der Waals surface area contributed by atoms with Crippen molar-refractivity contribution in [2.45, 2.75) is 76.3 Å². The lowest BCUT2D eigenvalue weighted by atomic mass is 10.1. The molecule has 0 bridgehead atoms. The van der Waals surface area contributed by atoms with Gasteiger partial charge in [-0.15, -0.1) is 0 Å². The van der Waals surface area contributed by atoms with Crippen LogP contribution in [0.1, 0.15) is 58.3 Å². The normalized spacial score (nSPS) is 18.7. The monoisotopic (exact) mass is 340 g/mol. The lowest BCUT2D eigenvalue weighted by molar-refractivity contribution is -0.244. The number of ether oxygens (including phenoxy) is 2. The first-order valence-electron chi connectivity index (χ1n) is 8.42. The molecule has 0 heterocycles. The smallest absolute Gasteiger partial charge is 0.336 e. The fraction of sp³-hybridized carbons (Fsp3) is 0.667. The van der Waals surface area contributed by atoms with E-state index >= 15 is 0 Å². The van der Waals surface area contributed by atoms with Crippen molar-refractivity contribution in [3.05, 3.63) is 24.8 Å². The molecule has 0 spiro atoms. The molecular weight excluding hydrogens is 312 g/mol. The first-order chi connectivity index (χ1) is 11.3. The summed E-state index contributed by atoms with van der Waals surface area (Å²) in [5, 5.41) is 16.8. The standard InChI is InChI=1S/C15H24O4.C3H4O2/c1-11(14(16)17)15(2,18-12-7-3-4-8-12)19-13-9-5-6-10-13;1-2-3(4)5/h12-13H,1,3-10H2,2H3,(H,16,17);2H,1H2,(H,4,5). The summed E-state index contributed by atoms with van der Waals surface area (Å²) < 4.78 is 12.0. The third-order valence-electron chi connectivity index (χ3n) is 4.37. The van der Waals surface area contributed by atoms with Crippen molar-refractivity contribution in [1.82, 2.24) is 0 Å². The average Bonchev–Trinajstić information content (AvgIpc) is 3.20. The van der Waals surface area contributed by atoms with E-state index in [1.807, 2.05) is 0 Å². The van der Waals surface area contributed by atoms with E-state index in [2.05, 4.69) is 13.2 Å². The van der Waals surface area contributed by atoms with Crippen LogP contribution >= 0.6 is 0 Å². The van der Waals surface area contributed by atoms with Gasteiger partial charge in [0.2, 0.25) is 0 Å². The maximum absolute atomic E-state index is 11.2. The van der Waals surface area contributed by atoms with Gasteiger partial charge in [0.05, 0.1) is 17.8 Å². The fourth-order valence-electron chi connectivity index (χ4n) is 3.01. The van der Waals surface area contributed by atoms with Gasteiger partial charge in [0.15, 0.2) is 5.79 Å². The number of hydrogen-bond acceptors (Lipinski definition) is 4. The first kappa shape index (κ1) is 20.4. The number of carboxylic acid groups (broad SMARTS) is 2. The molecule has 2 N–H and O–H groups in total. The van der Waals surface area contributed by atoms with E-state index in [0.717, 1.165) is 57.4 Å². The Balaban J connectivity index is 0.000000505. The maximum Gasteiger partial charge on any atom is 0.336 e. The van der Waals surface area contributed by atoms with Gasteiger partial charge in [-0.2, -0.15) is 0 Å². The van der Waals surface area contributed by atoms with Crippen LogP contribution in [0.5, 0.6) is 0 Å². The highest BCUT2D eigenvalue weighted by molar-refractivity contribution is 5.87. The Kier molecular flexibility index (Phi) is 8.15. The summed E-state index contributed by atoms with van der Waals surface area (Å²) in [6, 6.07) is 0. The summed E-state index contributed by atoms with van der Waals surface area (Å²) in [4.78, 5) is 20.5. The van der Waals surface area contributed by atoms with Crippen LogP contribution in [-0.4, -0.2) is 40.1 Å². The molecule has 0 aliphatic heterocycles. The second-order valence-corrected chi connectivity index (χ2v) is 6.32. The van der Waals surface area contributed by atoms with Crippen LogP contribution in [0, 0.1) is 0 Å². The third-order valence-corrected chi connectivity index (χ3v) is 4.37. The molecule has 0 amide bonds. The van der Waals surface area contributed by atoms with E-state index < -0.39 is 17.7 Å². The van der Waals surface area contributed by atoms with Crippen LogP contribution in [-0.2, 0) is 19.1 Å². The topological polar surface area (TPSA) is 93.1 Å². The summed E-state index contributed by atoms with van der Waals surface area (Å²) in [6.07, 6.45) is 9.53. The number of carboxylic acids is 2. The van der Waals surface area contributed by atoms with E-state index in [0.29, 0.717) is 0 Å². The summed E-state index contributed by atoms with van der Waals surface area (Å²) in [6.45, 7) is 8.33. The van der Waals surface area contributed by atoms with Gasteiger partial charge < -0.3 is 19.7 Å². The van der Waals surface area contributed by atoms with Crippen molar-refractivity contribution in [1.29, 1.82) is 0 Å². The van der Waals surface area contributed by atoms with Gasteiger partial charge in [-0.3, -0.25) is 0 Å². The van der Waals surface area contributed by atoms with Crippen LogP contribution in [0.4, 0.5) is 0 Å². The summed E-state index contributed by atoms with van der Waals surface area (Å²) >= 11 is 0. The molecule has 2 fully saturated rings. The Morgan fingerprint density at radius 2 is 1.33 bits per heavy atom. The third kappa shape index (κ3) is 6.45. The predicted molar refractivity (Wildman–Crippen MR) is 89.7 cm³/mol. The van der Waals surface area contributed by atoms with Gasteiger partial charge in [-0.1, -0.05) is 38.8 Å². The molecule has 0 aromatic rings. The highest BCUT2D eigenvalue weighted by atomic mass is 16.7. The summed E-state index contributed by atoms with van der Waals surface area (Å²) in [5.41, 5.74) is 0.00583. The van der Waals surface area contributed by atoms with Gasteiger partial charge in [0, 0.05) is 6.08 Å². The van der Waals surface area contributed by atoms with Gasteiger partial charge >= 0.3 is 11.9 Å². The molecule has 2 aliphatic carbocycles. The highest BCUT2D eigenvalue weighted by Crippen LogP contribution is 2.34. The number of aliphatic carboxylic acids is 2. The zero-order chi connectivity index (χ0) is 18.2. The van der Waals surface area contributed by atoms with E-state index in [-0.39, 0.29) is 17.8 Å². The highest BCUT2D eigenvalue weighted by Gasteiger charge is 2.40. The lowest BCUT2D eigenvalue weighted by Crippen LogP contribution is -2.42. The van der Waals surface area contributed by atoms with Crippen LogP contribution in [0.15, 0.2) is 24.8 Å². The van der Waals surface area contributed by atoms with Crippen molar-refractivity contribution < 1.29 is 29.3 Å². The molecule has 0 radical (unpaired) electrons. The molecular formula is C18H28O6. The van der Waals surface area contributed by atoms with Gasteiger partial charge in [-0.25, -0.2) is 9.59 Å². The Morgan fingerprint density at radius 3 is 1.58 bits per heavy atom. The van der Waals surface area contributed by atoms with E-state index in [4.69, 9.17) is 14.6 Å². The minimum atomic E-state index is -1.18. The Bertz CT molecular complexity index is 440. The molecule has 2 aliphatic rings. The molecule has 0 unspecified atom stereocenters. The minimum Gasteiger partial charge on any atom is -0.478 e. The molecule has 136 valence electrons. The quantitative estimate of drug-likeness (QED) is 0.544. The zero-order valence-corrected chi connectivity index (χ0v) is 14.3. The molecule has 2 saturated carbocycles. The van der Waals surface area contributed by atoms with Gasteiger partial charge in [0.25, 0.3) is 0 Å². The molecule has 2 rings (SSSR count). The molecule has 0 saturated heterocycles. The number of carbonyl (C=O) groups is 2. The largest absolute Gasteiger partial charge is 0.478 e. The first-order valence-corrected chi connectivity index (χ1v) is 8.42. The molecule has 0 aromatic heterocycles. The minimum absolute atomic E-state index is 0.00583. The van der Waals surface area contributed by atoms with Crippen molar-refractivity contribution in [2.24, 2.45) is 0 Å². The molecule has 24 heavy (non-hydrogen) atoms. The van der Waals surface area contributed by atoms with Crippen molar-refractivity contribution >= 4 is 11.9 Å². The number of hydrogen-bond donors (Lipinski definition) is 2. The van der Waals surface area contributed by atoms with Crippen LogP contribution < -0.4 is 0 Å². The Morgan fingerprint density at radius 1 is 1.00 bits per heavy atom. The van der Waals surface area contributed by atoms with Crippen molar-refractivity contribution in [2.75, 3.05) is 0 Å². The Hall–Kier alpha value is -1.66. The SMILES string of the molecule is C=C(C(=O)O)C(C)(OC1CCCC1)OC1CCCC1.C=CC(=O)O. The molecule has 6 heteroatoms. The Labute approximate surface area is 143 Å². The van der Waals surface area contributed by atoms with Crippen LogP contribution in [0.25, 0.3) is 0 Å². The molecule has 0 atom stereocenters. The van der Waals surface area contributed by atoms with Crippen molar-refractivity contribution in [3.63, 3.8) is 0 Å². The fourth-order valence-corrected chi connectivity index (χ4v) is 3.01. The summed E-state index contributed by atoms with van der Waals surface area (Å²) in [5.74, 6) is -3.21. The molecule has 0 aromatic carbocycles. The number of rotatable bonds is 7. The second kappa shape index (κ2) is 9.59. The van der Waals surface area contributed by atoms with E-state index in [1.54, 1.807) is 6.92 Å². The second-order valence-electron chi connectivity index (χ2n) is 6.32. The average molecular weight is 340 g/mol. The van der Waals surface area contributed by atoms with Crippen molar-refractivity contribution in [3.8, 4) is 0 Å². The van der Waals surface area contributed by atoms with E-state index in [9.17, 15) is 14.7 Å². The van der Waals surface area contributed by atoms with Gasteiger partial charge in [-0.05, 0) is 32.6 Å².